The summed E-state index contributed by atoms with van der Waals surface area (Å²) in [7, 11) is 1.69. The summed E-state index contributed by atoms with van der Waals surface area (Å²) in [5.41, 5.74) is 7.28. The molecule has 0 amide bonds. The highest BCUT2D eigenvalue weighted by Gasteiger charge is 2.24. The van der Waals surface area contributed by atoms with E-state index in [-0.39, 0.29) is 0 Å². The Labute approximate surface area is 108 Å². The molecule has 0 bridgehead atoms. The Kier molecular flexibility index (Phi) is 4.07. The average molecular weight is 247 g/mol. The molecule has 1 aliphatic rings. The van der Waals surface area contributed by atoms with E-state index in [1.54, 1.807) is 7.11 Å². The average Bonchev–Trinajstić information content (AvgIpc) is 2.89. The van der Waals surface area contributed by atoms with Crippen LogP contribution in [-0.4, -0.2) is 37.6 Å². The lowest BCUT2D eigenvalue weighted by Gasteiger charge is -2.17. The van der Waals surface area contributed by atoms with E-state index in [4.69, 9.17) is 10.5 Å². The first kappa shape index (κ1) is 12.7. The highest BCUT2D eigenvalue weighted by atomic mass is 16.5. The van der Waals surface area contributed by atoms with Gasteiger partial charge in [0.2, 0.25) is 0 Å². The molecule has 4 heteroatoms. The van der Waals surface area contributed by atoms with Crippen LogP contribution in [0.5, 0.6) is 5.75 Å². The second-order valence-electron chi connectivity index (χ2n) is 4.54. The van der Waals surface area contributed by atoms with Crippen molar-refractivity contribution in [3.63, 3.8) is 0 Å². The minimum Gasteiger partial charge on any atom is -0.497 e. The fourth-order valence-electron chi connectivity index (χ4n) is 2.38. The lowest BCUT2D eigenvalue weighted by atomic mass is 9.98. The van der Waals surface area contributed by atoms with Crippen LogP contribution in [0, 0.1) is 0 Å². The number of nitrogens with zero attached hydrogens (tertiary/aromatic N) is 2. The molecule has 0 radical (unpaired) electrons. The first-order valence-electron chi connectivity index (χ1n) is 6.43. The topological polar surface area (TPSA) is 50.8 Å². The summed E-state index contributed by atoms with van der Waals surface area (Å²) in [5, 5.41) is 0. The van der Waals surface area contributed by atoms with Crippen molar-refractivity contribution in [3.05, 3.63) is 29.8 Å². The van der Waals surface area contributed by atoms with Gasteiger partial charge in [0, 0.05) is 25.6 Å². The first-order valence-corrected chi connectivity index (χ1v) is 6.43. The predicted molar refractivity (Wildman–Crippen MR) is 74.1 cm³/mol. The van der Waals surface area contributed by atoms with Crippen LogP contribution in [0.2, 0.25) is 0 Å². The van der Waals surface area contributed by atoms with Crippen molar-refractivity contribution in [1.82, 2.24) is 4.90 Å². The lowest BCUT2D eigenvalue weighted by Crippen LogP contribution is -2.35. The summed E-state index contributed by atoms with van der Waals surface area (Å²) in [6.45, 7) is 4.70. The van der Waals surface area contributed by atoms with E-state index in [2.05, 4.69) is 22.0 Å². The van der Waals surface area contributed by atoms with Crippen LogP contribution in [0.4, 0.5) is 0 Å². The molecule has 1 fully saturated rings. The predicted octanol–water partition coefficient (Wildman–Crippen LogP) is 1.82. The van der Waals surface area contributed by atoms with E-state index in [9.17, 15) is 0 Å². The molecule has 0 saturated carbocycles. The minimum absolute atomic E-state index is 0.543. The third kappa shape index (κ3) is 2.75. The van der Waals surface area contributed by atoms with E-state index >= 15 is 0 Å². The van der Waals surface area contributed by atoms with E-state index < -0.39 is 0 Å². The SMILES string of the molecule is CCN=C(N)N1CCC(c2ccc(OC)cc2)C1. The standard InChI is InChI=1S/C14H21N3O/c1-3-16-14(15)17-9-8-12(10-17)11-4-6-13(18-2)7-5-11/h4-7,12H,3,8-10H2,1-2H3,(H2,15,16). The zero-order valence-electron chi connectivity index (χ0n) is 11.1. The van der Waals surface area contributed by atoms with Gasteiger partial charge in [-0.3, -0.25) is 4.99 Å². The molecule has 1 saturated heterocycles. The molecular formula is C14H21N3O. The van der Waals surface area contributed by atoms with Gasteiger partial charge in [0.05, 0.1) is 7.11 Å². The van der Waals surface area contributed by atoms with Crippen molar-refractivity contribution in [2.24, 2.45) is 10.7 Å². The summed E-state index contributed by atoms with van der Waals surface area (Å²) >= 11 is 0. The highest BCUT2D eigenvalue weighted by molar-refractivity contribution is 5.78. The Hall–Kier alpha value is -1.71. The molecule has 98 valence electrons. The van der Waals surface area contributed by atoms with Gasteiger partial charge in [-0.1, -0.05) is 12.1 Å². The van der Waals surface area contributed by atoms with Crippen LogP contribution in [0.1, 0.15) is 24.8 Å². The maximum absolute atomic E-state index is 5.93. The number of methoxy groups -OCH3 is 1. The zero-order valence-corrected chi connectivity index (χ0v) is 11.1. The maximum Gasteiger partial charge on any atom is 0.191 e. The van der Waals surface area contributed by atoms with Crippen LogP contribution in [0.15, 0.2) is 29.3 Å². The molecule has 0 aliphatic carbocycles. The number of guanidine groups is 1. The fraction of sp³-hybridized carbons (Fsp3) is 0.500. The van der Waals surface area contributed by atoms with Crippen molar-refractivity contribution >= 4 is 5.96 Å². The number of hydrogen-bond donors (Lipinski definition) is 1. The highest BCUT2D eigenvalue weighted by Crippen LogP contribution is 2.28. The molecule has 2 rings (SSSR count). The monoisotopic (exact) mass is 247 g/mol. The van der Waals surface area contributed by atoms with Crippen LogP contribution in [0.25, 0.3) is 0 Å². The summed E-state index contributed by atoms with van der Waals surface area (Å²) in [6.07, 6.45) is 1.13. The number of benzene rings is 1. The summed E-state index contributed by atoms with van der Waals surface area (Å²) in [4.78, 5) is 6.43. The summed E-state index contributed by atoms with van der Waals surface area (Å²) in [6, 6.07) is 8.31. The van der Waals surface area contributed by atoms with Gasteiger partial charge >= 0.3 is 0 Å². The molecule has 1 unspecified atom stereocenters. The third-order valence-corrected chi connectivity index (χ3v) is 3.42. The van der Waals surface area contributed by atoms with Crippen molar-refractivity contribution in [2.45, 2.75) is 19.3 Å². The maximum atomic E-state index is 5.93. The van der Waals surface area contributed by atoms with Crippen LogP contribution < -0.4 is 10.5 Å². The zero-order chi connectivity index (χ0) is 13.0. The number of ether oxygens (including phenoxy) is 1. The fourth-order valence-corrected chi connectivity index (χ4v) is 2.38. The Morgan fingerprint density at radius 3 is 2.78 bits per heavy atom. The molecule has 4 nitrogen and oxygen atoms in total. The lowest BCUT2D eigenvalue weighted by molar-refractivity contribution is 0.414. The Balaban J connectivity index is 2.01. The second-order valence-corrected chi connectivity index (χ2v) is 4.54. The molecule has 0 spiro atoms. The van der Waals surface area contributed by atoms with Gasteiger partial charge in [0.1, 0.15) is 5.75 Å². The molecule has 1 atom stereocenters. The van der Waals surface area contributed by atoms with E-state index in [1.165, 1.54) is 5.56 Å². The van der Waals surface area contributed by atoms with Crippen molar-refractivity contribution in [2.75, 3.05) is 26.7 Å². The Morgan fingerprint density at radius 1 is 1.44 bits per heavy atom. The molecule has 1 aliphatic heterocycles. The second kappa shape index (κ2) is 5.76. The molecular weight excluding hydrogens is 226 g/mol. The number of nitrogens with two attached hydrogens (primary N) is 1. The molecule has 1 aromatic carbocycles. The Morgan fingerprint density at radius 2 is 2.17 bits per heavy atom. The Bertz CT molecular complexity index is 414. The normalized spacial score (nSPS) is 20.2. The molecule has 2 N–H and O–H groups in total. The molecule has 0 aromatic heterocycles. The van der Waals surface area contributed by atoms with Gasteiger partial charge in [-0.15, -0.1) is 0 Å². The number of aliphatic imine (C=N–C) groups is 1. The summed E-state index contributed by atoms with van der Waals surface area (Å²) in [5.74, 6) is 2.12. The van der Waals surface area contributed by atoms with Crippen molar-refractivity contribution in [3.8, 4) is 5.75 Å². The van der Waals surface area contributed by atoms with Gasteiger partial charge in [0.15, 0.2) is 5.96 Å². The quantitative estimate of drug-likeness (QED) is 0.655. The van der Waals surface area contributed by atoms with Gasteiger partial charge in [-0.05, 0) is 31.0 Å². The van der Waals surface area contributed by atoms with Crippen LogP contribution in [-0.2, 0) is 0 Å². The smallest absolute Gasteiger partial charge is 0.191 e. The van der Waals surface area contributed by atoms with E-state index in [0.29, 0.717) is 11.9 Å². The number of likely N-dealkylation sites (tertiary alicyclic amines) is 1. The van der Waals surface area contributed by atoms with Gasteiger partial charge < -0.3 is 15.4 Å². The van der Waals surface area contributed by atoms with Crippen molar-refractivity contribution < 1.29 is 4.74 Å². The largest absolute Gasteiger partial charge is 0.497 e. The van der Waals surface area contributed by atoms with Gasteiger partial charge in [-0.2, -0.15) is 0 Å². The number of rotatable bonds is 3. The first-order chi connectivity index (χ1) is 8.74. The molecule has 1 heterocycles. The van der Waals surface area contributed by atoms with E-state index in [0.717, 1.165) is 31.8 Å². The van der Waals surface area contributed by atoms with Gasteiger partial charge in [-0.25, -0.2) is 0 Å². The van der Waals surface area contributed by atoms with Crippen LogP contribution >= 0.6 is 0 Å². The minimum atomic E-state index is 0.543. The molecule has 1 aromatic rings. The van der Waals surface area contributed by atoms with E-state index in [1.807, 2.05) is 19.1 Å². The molecule has 18 heavy (non-hydrogen) atoms. The van der Waals surface area contributed by atoms with Gasteiger partial charge in [0.25, 0.3) is 0 Å². The third-order valence-electron chi connectivity index (χ3n) is 3.42. The summed E-state index contributed by atoms with van der Waals surface area (Å²) < 4.78 is 5.17. The van der Waals surface area contributed by atoms with Crippen LogP contribution in [0.3, 0.4) is 0 Å². The number of hydrogen-bond acceptors (Lipinski definition) is 2. The van der Waals surface area contributed by atoms with Crippen molar-refractivity contribution in [1.29, 1.82) is 0 Å².